The molecule has 1 aliphatic rings. The van der Waals surface area contributed by atoms with Crippen molar-refractivity contribution in [3.63, 3.8) is 0 Å². The number of nitrogens with zero attached hydrogens (tertiary/aromatic N) is 4. The Morgan fingerprint density at radius 2 is 2.33 bits per heavy atom. The number of anilines is 1. The van der Waals surface area contributed by atoms with Crippen molar-refractivity contribution >= 4 is 28.5 Å². The molecule has 1 aliphatic heterocycles. The van der Waals surface area contributed by atoms with E-state index >= 15 is 0 Å². The molecule has 1 N–H and O–H groups in total. The lowest BCUT2D eigenvalue weighted by Crippen LogP contribution is -2.33. The van der Waals surface area contributed by atoms with Gasteiger partial charge in [0.2, 0.25) is 5.28 Å². The van der Waals surface area contributed by atoms with Crippen molar-refractivity contribution in [3.8, 4) is 0 Å². The maximum absolute atomic E-state index is 9.41. The number of hydrogen-bond donors (Lipinski definition) is 1. The smallest absolute Gasteiger partial charge is 0.226 e. The molecule has 0 saturated carbocycles. The molecule has 6 heteroatoms. The highest BCUT2D eigenvalue weighted by atomic mass is 35.5. The second-order valence-electron chi connectivity index (χ2n) is 4.36. The molecule has 3 rings (SSSR count). The van der Waals surface area contributed by atoms with Crippen LogP contribution in [-0.4, -0.2) is 39.3 Å². The van der Waals surface area contributed by atoms with Crippen LogP contribution in [-0.2, 0) is 0 Å². The fourth-order valence-corrected chi connectivity index (χ4v) is 2.60. The fraction of sp³-hybridized carbons (Fsp3) is 0.417. The van der Waals surface area contributed by atoms with Crippen LogP contribution in [0, 0.1) is 0 Å². The molecule has 1 fully saturated rings. The lowest BCUT2D eigenvalue weighted by Gasteiger charge is -2.25. The Morgan fingerprint density at radius 3 is 3.17 bits per heavy atom. The Bertz CT molecular complexity index is 577. The van der Waals surface area contributed by atoms with E-state index < -0.39 is 0 Å². The van der Waals surface area contributed by atoms with Crippen LogP contribution in [0.1, 0.15) is 12.8 Å². The third-order valence-corrected chi connectivity index (χ3v) is 3.45. The zero-order valence-electron chi connectivity index (χ0n) is 9.75. The topological polar surface area (TPSA) is 62.1 Å². The summed E-state index contributed by atoms with van der Waals surface area (Å²) < 4.78 is 0. The molecule has 0 unspecified atom stereocenters. The Kier molecular flexibility index (Phi) is 3.01. The van der Waals surface area contributed by atoms with Gasteiger partial charge in [-0.1, -0.05) is 0 Å². The van der Waals surface area contributed by atoms with Gasteiger partial charge in [0, 0.05) is 12.7 Å². The van der Waals surface area contributed by atoms with Gasteiger partial charge in [-0.3, -0.25) is 0 Å². The minimum absolute atomic E-state index is 0.111. The quantitative estimate of drug-likeness (QED) is 0.836. The van der Waals surface area contributed by atoms with Crippen LogP contribution < -0.4 is 4.90 Å². The van der Waals surface area contributed by atoms with Gasteiger partial charge in [0.05, 0.1) is 18.0 Å². The molecule has 2 aromatic rings. The van der Waals surface area contributed by atoms with Gasteiger partial charge in [0.15, 0.2) is 5.65 Å². The normalized spacial score (nSPS) is 19.7. The molecule has 18 heavy (non-hydrogen) atoms. The first-order valence-electron chi connectivity index (χ1n) is 5.95. The minimum Gasteiger partial charge on any atom is -0.394 e. The number of rotatable bonds is 2. The SMILES string of the molecule is OC[C@@H]1CCCN1c1nc(Cl)nc2ncccc12. The molecule has 1 saturated heterocycles. The first kappa shape index (κ1) is 11.6. The molecule has 2 aromatic heterocycles. The van der Waals surface area contributed by atoms with Crippen LogP contribution in [0.25, 0.3) is 11.0 Å². The van der Waals surface area contributed by atoms with Gasteiger partial charge in [0.1, 0.15) is 5.82 Å². The molecular formula is C12H13ClN4O. The van der Waals surface area contributed by atoms with Gasteiger partial charge in [-0.05, 0) is 36.6 Å². The van der Waals surface area contributed by atoms with Gasteiger partial charge < -0.3 is 10.0 Å². The molecular weight excluding hydrogens is 252 g/mol. The van der Waals surface area contributed by atoms with E-state index in [4.69, 9.17) is 11.6 Å². The molecule has 0 radical (unpaired) electrons. The summed E-state index contributed by atoms with van der Waals surface area (Å²) in [6, 6.07) is 3.90. The van der Waals surface area contributed by atoms with E-state index in [0.29, 0.717) is 5.65 Å². The van der Waals surface area contributed by atoms with E-state index in [0.717, 1.165) is 30.6 Å². The van der Waals surface area contributed by atoms with Gasteiger partial charge in [-0.2, -0.15) is 9.97 Å². The van der Waals surface area contributed by atoms with E-state index in [-0.39, 0.29) is 17.9 Å². The Balaban J connectivity index is 2.15. The Morgan fingerprint density at radius 1 is 1.44 bits per heavy atom. The summed E-state index contributed by atoms with van der Waals surface area (Å²) in [6.07, 6.45) is 3.71. The average Bonchev–Trinajstić information content (AvgIpc) is 2.85. The lowest BCUT2D eigenvalue weighted by molar-refractivity contribution is 0.266. The maximum atomic E-state index is 9.41. The van der Waals surface area contributed by atoms with Crippen molar-refractivity contribution in [1.29, 1.82) is 0 Å². The zero-order chi connectivity index (χ0) is 12.5. The minimum atomic E-state index is 0.111. The van der Waals surface area contributed by atoms with Crippen LogP contribution in [0.15, 0.2) is 18.3 Å². The van der Waals surface area contributed by atoms with Crippen molar-refractivity contribution in [2.24, 2.45) is 0 Å². The highest BCUT2D eigenvalue weighted by molar-refractivity contribution is 6.28. The highest BCUT2D eigenvalue weighted by Crippen LogP contribution is 2.29. The average molecular weight is 265 g/mol. The van der Waals surface area contributed by atoms with Crippen molar-refractivity contribution in [2.75, 3.05) is 18.1 Å². The van der Waals surface area contributed by atoms with Crippen LogP contribution >= 0.6 is 11.6 Å². The summed E-state index contributed by atoms with van der Waals surface area (Å²) >= 11 is 5.94. The fourth-order valence-electron chi connectivity index (χ4n) is 2.44. The van der Waals surface area contributed by atoms with Crippen LogP contribution in [0.3, 0.4) is 0 Å². The van der Waals surface area contributed by atoms with Gasteiger partial charge in [-0.25, -0.2) is 4.98 Å². The van der Waals surface area contributed by atoms with Crippen LogP contribution in [0.4, 0.5) is 5.82 Å². The first-order chi connectivity index (χ1) is 8.79. The molecule has 3 heterocycles. The summed E-state index contributed by atoms with van der Waals surface area (Å²) in [4.78, 5) is 14.7. The summed E-state index contributed by atoms with van der Waals surface area (Å²) in [5, 5.41) is 10.5. The zero-order valence-corrected chi connectivity index (χ0v) is 10.5. The van der Waals surface area contributed by atoms with E-state index in [1.54, 1.807) is 6.20 Å². The number of aliphatic hydroxyl groups excluding tert-OH is 1. The largest absolute Gasteiger partial charge is 0.394 e. The number of aromatic nitrogens is 3. The van der Waals surface area contributed by atoms with E-state index in [2.05, 4.69) is 19.9 Å². The van der Waals surface area contributed by atoms with Crippen molar-refractivity contribution in [2.45, 2.75) is 18.9 Å². The maximum Gasteiger partial charge on any atom is 0.226 e. The number of pyridine rings is 1. The molecule has 0 spiro atoms. The number of hydrogen-bond acceptors (Lipinski definition) is 5. The van der Waals surface area contributed by atoms with E-state index in [1.165, 1.54) is 0 Å². The second-order valence-corrected chi connectivity index (χ2v) is 4.70. The molecule has 0 aliphatic carbocycles. The third kappa shape index (κ3) is 1.89. The van der Waals surface area contributed by atoms with Crippen LogP contribution in [0.2, 0.25) is 5.28 Å². The monoisotopic (exact) mass is 264 g/mol. The van der Waals surface area contributed by atoms with Gasteiger partial charge >= 0.3 is 0 Å². The molecule has 5 nitrogen and oxygen atoms in total. The summed E-state index contributed by atoms with van der Waals surface area (Å²) in [5.41, 5.74) is 0.594. The van der Waals surface area contributed by atoms with E-state index in [1.807, 2.05) is 12.1 Å². The second kappa shape index (κ2) is 4.66. The number of halogens is 1. The van der Waals surface area contributed by atoms with Gasteiger partial charge in [0.25, 0.3) is 0 Å². The van der Waals surface area contributed by atoms with Crippen molar-refractivity contribution in [3.05, 3.63) is 23.6 Å². The Hall–Kier alpha value is -1.46. The summed E-state index contributed by atoms with van der Waals surface area (Å²) in [6.45, 7) is 1.01. The Labute approximate surface area is 109 Å². The molecule has 0 amide bonds. The van der Waals surface area contributed by atoms with Gasteiger partial charge in [-0.15, -0.1) is 0 Å². The van der Waals surface area contributed by atoms with Crippen molar-refractivity contribution < 1.29 is 5.11 Å². The summed E-state index contributed by atoms with van der Waals surface area (Å²) in [5.74, 6) is 0.773. The molecule has 0 bridgehead atoms. The first-order valence-corrected chi connectivity index (χ1v) is 6.33. The third-order valence-electron chi connectivity index (χ3n) is 3.28. The molecule has 0 aromatic carbocycles. The number of fused-ring (bicyclic) bond motifs is 1. The lowest BCUT2D eigenvalue weighted by atomic mass is 10.2. The number of aliphatic hydroxyl groups is 1. The standard InChI is InChI=1S/C12H13ClN4O/c13-12-15-10-9(4-1-5-14-10)11(16-12)17-6-2-3-8(17)7-18/h1,4-5,8,18H,2-3,6-7H2/t8-/m0/s1. The molecule has 94 valence electrons. The highest BCUT2D eigenvalue weighted by Gasteiger charge is 2.27. The van der Waals surface area contributed by atoms with E-state index in [9.17, 15) is 5.11 Å². The van der Waals surface area contributed by atoms with Crippen LogP contribution in [0.5, 0.6) is 0 Å². The van der Waals surface area contributed by atoms with Crippen molar-refractivity contribution in [1.82, 2.24) is 15.0 Å². The molecule has 1 atom stereocenters. The predicted molar refractivity (Wildman–Crippen MR) is 69.8 cm³/mol. The predicted octanol–water partition coefficient (Wildman–Crippen LogP) is 1.64. The summed E-state index contributed by atoms with van der Waals surface area (Å²) in [7, 11) is 0.